The summed E-state index contributed by atoms with van der Waals surface area (Å²) >= 11 is 0. The lowest BCUT2D eigenvalue weighted by atomic mass is 10.0. The van der Waals surface area contributed by atoms with Crippen molar-refractivity contribution in [1.29, 1.82) is 0 Å². The highest BCUT2D eigenvalue weighted by atomic mass is 32.1. The second kappa shape index (κ2) is 11.9. The average molecular weight is 546 g/mol. The number of aliphatic hydroxyl groups excluding tert-OH is 1. The molecule has 3 heterocycles. The van der Waals surface area contributed by atoms with Crippen molar-refractivity contribution in [2.24, 2.45) is 7.05 Å². The maximum Gasteiger partial charge on any atom is 0.419 e. The minimum atomic E-state index is -0.435. The summed E-state index contributed by atoms with van der Waals surface area (Å²) in [5.74, 6) is -0.0160. The summed E-state index contributed by atoms with van der Waals surface area (Å²) in [6, 6.07) is 12.9. The van der Waals surface area contributed by atoms with Gasteiger partial charge >= 0.3 is 5.76 Å². The van der Waals surface area contributed by atoms with E-state index in [2.05, 4.69) is 25.5 Å². The Kier molecular flexibility index (Phi) is 9.18. The standard InChI is InChI=1S/C24H27N7O4.2H2S/c1-29(22(33)11-15-6-7-21-19(10-15)30(2)24(34)35-21)20(14-31-9-8-18(32)13-31)16-4-3-5-17(12-16)23-25-27-28-26-23;;/h3-7,10,12,18,20,32H,8-9,11,13-14H2,1-2H3,(H,25,26,27,28);2*1H2/t18-,20-;;/m1../s1. The lowest BCUT2D eigenvalue weighted by Crippen LogP contribution is -2.39. The fourth-order valence-electron chi connectivity index (χ4n) is 4.60. The van der Waals surface area contributed by atoms with E-state index in [1.165, 1.54) is 4.57 Å². The Morgan fingerprint density at radius 2 is 2.08 bits per heavy atom. The van der Waals surface area contributed by atoms with Crippen LogP contribution in [-0.2, 0) is 18.3 Å². The van der Waals surface area contributed by atoms with Gasteiger partial charge in [0.1, 0.15) is 0 Å². The minimum absolute atomic E-state index is 0. The number of aromatic amines is 1. The van der Waals surface area contributed by atoms with E-state index in [-0.39, 0.29) is 51.5 Å². The number of hydrogen-bond acceptors (Lipinski definition) is 8. The van der Waals surface area contributed by atoms with Gasteiger partial charge in [-0.15, -0.1) is 10.2 Å². The summed E-state index contributed by atoms with van der Waals surface area (Å²) in [6.07, 6.45) is 0.544. The van der Waals surface area contributed by atoms with Gasteiger partial charge in [0.2, 0.25) is 11.7 Å². The van der Waals surface area contributed by atoms with Gasteiger partial charge in [0.25, 0.3) is 0 Å². The van der Waals surface area contributed by atoms with Gasteiger partial charge < -0.3 is 14.4 Å². The van der Waals surface area contributed by atoms with Gasteiger partial charge in [0, 0.05) is 39.3 Å². The van der Waals surface area contributed by atoms with Crippen LogP contribution in [0.15, 0.2) is 51.7 Å². The highest BCUT2D eigenvalue weighted by Crippen LogP contribution is 2.27. The molecule has 0 saturated carbocycles. The number of hydrogen-bond donors (Lipinski definition) is 2. The first-order valence-corrected chi connectivity index (χ1v) is 11.5. The fourth-order valence-corrected chi connectivity index (χ4v) is 4.60. The molecule has 0 aliphatic carbocycles. The van der Waals surface area contributed by atoms with Gasteiger partial charge in [-0.2, -0.15) is 32.2 Å². The van der Waals surface area contributed by atoms with Crippen LogP contribution in [-0.4, -0.2) is 78.8 Å². The van der Waals surface area contributed by atoms with Crippen molar-refractivity contribution in [2.45, 2.75) is 25.0 Å². The van der Waals surface area contributed by atoms with Crippen LogP contribution in [0.5, 0.6) is 0 Å². The van der Waals surface area contributed by atoms with E-state index >= 15 is 0 Å². The number of rotatable bonds is 7. The number of fused-ring (bicyclic) bond motifs is 1. The van der Waals surface area contributed by atoms with Gasteiger partial charge in [0.05, 0.1) is 24.1 Å². The summed E-state index contributed by atoms with van der Waals surface area (Å²) < 4.78 is 6.62. The number of nitrogens with one attached hydrogen (secondary N) is 1. The lowest BCUT2D eigenvalue weighted by Gasteiger charge is -2.32. The number of oxazole rings is 1. The molecule has 1 amide bonds. The van der Waals surface area contributed by atoms with E-state index in [4.69, 9.17) is 4.42 Å². The number of likely N-dealkylation sites (tertiary alicyclic amines) is 1. The third-order valence-corrected chi connectivity index (χ3v) is 6.63. The zero-order chi connectivity index (χ0) is 24.5. The molecule has 198 valence electrons. The number of aliphatic hydroxyl groups is 1. The number of aromatic nitrogens is 5. The molecule has 1 saturated heterocycles. The maximum absolute atomic E-state index is 13.4. The second-order valence-electron chi connectivity index (χ2n) is 8.99. The topological polar surface area (TPSA) is 133 Å². The fraction of sp³-hybridized carbons (Fsp3) is 0.375. The quantitative estimate of drug-likeness (QED) is 0.356. The molecule has 1 fully saturated rings. The van der Waals surface area contributed by atoms with Crippen LogP contribution >= 0.6 is 27.0 Å². The van der Waals surface area contributed by atoms with Crippen LogP contribution in [0.2, 0.25) is 0 Å². The largest absolute Gasteiger partial charge is 0.419 e. The number of carbonyl (C=O) groups excluding carboxylic acids is 1. The van der Waals surface area contributed by atoms with E-state index in [1.54, 1.807) is 31.1 Å². The Balaban J connectivity index is 0.00000190. The van der Waals surface area contributed by atoms with Crippen molar-refractivity contribution in [3.63, 3.8) is 0 Å². The highest BCUT2D eigenvalue weighted by Gasteiger charge is 2.28. The SMILES string of the molecule is CN(C(=O)Cc1ccc2oc(=O)n(C)c2c1)[C@H](CN1CC[C@@H](O)C1)c1cccc(-c2nn[nH]n2)c1.S.S. The van der Waals surface area contributed by atoms with Crippen LogP contribution in [0.4, 0.5) is 0 Å². The minimum Gasteiger partial charge on any atom is -0.408 e. The third kappa shape index (κ3) is 6.06. The summed E-state index contributed by atoms with van der Waals surface area (Å²) in [7, 11) is 3.44. The molecule has 11 nitrogen and oxygen atoms in total. The molecule has 2 aromatic heterocycles. The van der Waals surface area contributed by atoms with Crippen molar-refractivity contribution >= 4 is 44.0 Å². The number of likely N-dealkylation sites (N-methyl/N-ethyl adjacent to an activating group) is 1. The number of benzene rings is 2. The van der Waals surface area contributed by atoms with E-state index in [0.717, 1.165) is 29.7 Å². The van der Waals surface area contributed by atoms with E-state index < -0.39 is 5.76 Å². The van der Waals surface area contributed by atoms with Gasteiger partial charge in [-0.1, -0.05) is 24.3 Å². The third-order valence-electron chi connectivity index (χ3n) is 6.63. The van der Waals surface area contributed by atoms with Crippen molar-refractivity contribution < 1.29 is 14.3 Å². The number of nitrogens with zero attached hydrogens (tertiary/aromatic N) is 6. The Morgan fingerprint density at radius 3 is 2.78 bits per heavy atom. The predicted octanol–water partition coefficient (Wildman–Crippen LogP) is 1.35. The second-order valence-corrected chi connectivity index (χ2v) is 8.99. The predicted molar refractivity (Wildman–Crippen MR) is 148 cm³/mol. The zero-order valence-corrected chi connectivity index (χ0v) is 22.6. The highest BCUT2D eigenvalue weighted by molar-refractivity contribution is 7.59. The summed E-state index contributed by atoms with van der Waals surface area (Å²) in [5.41, 5.74) is 3.68. The number of carbonyl (C=O) groups is 1. The molecule has 1 aliphatic heterocycles. The molecule has 2 N–H and O–H groups in total. The van der Waals surface area contributed by atoms with Crippen molar-refractivity contribution in [3.05, 3.63) is 64.1 Å². The monoisotopic (exact) mass is 545 g/mol. The average Bonchev–Trinajstić information content (AvgIpc) is 3.59. The van der Waals surface area contributed by atoms with Crippen molar-refractivity contribution in [3.8, 4) is 11.4 Å². The lowest BCUT2D eigenvalue weighted by molar-refractivity contribution is -0.131. The summed E-state index contributed by atoms with van der Waals surface area (Å²) in [5, 5.41) is 24.3. The Hall–Kier alpha value is -3.13. The molecule has 2 aromatic carbocycles. The number of amides is 1. The molecule has 0 bridgehead atoms. The summed E-state index contributed by atoms with van der Waals surface area (Å²) in [4.78, 5) is 29.2. The van der Waals surface area contributed by atoms with Crippen LogP contribution in [0.3, 0.4) is 0 Å². The zero-order valence-electron chi connectivity index (χ0n) is 20.6. The molecule has 5 rings (SSSR count). The number of tetrazole rings is 1. The van der Waals surface area contributed by atoms with E-state index in [0.29, 0.717) is 30.0 Å². The first-order valence-electron chi connectivity index (χ1n) is 11.5. The molecule has 37 heavy (non-hydrogen) atoms. The van der Waals surface area contributed by atoms with Crippen LogP contribution in [0.25, 0.3) is 22.5 Å². The van der Waals surface area contributed by atoms with Crippen molar-refractivity contribution in [2.75, 3.05) is 26.7 Å². The van der Waals surface area contributed by atoms with Gasteiger partial charge in [-0.3, -0.25) is 14.3 Å². The first kappa shape index (κ1) is 28.4. The Bertz CT molecular complexity index is 1410. The molecule has 2 atom stereocenters. The molecule has 13 heteroatoms. The summed E-state index contributed by atoms with van der Waals surface area (Å²) in [6.45, 7) is 1.94. The van der Waals surface area contributed by atoms with Crippen molar-refractivity contribution in [1.82, 2.24) is 35.0 Å². The number of β-amino-alcohol motifs (C(OH)–C–C–N with tert-alkyl or cyclic N) is 1. The first-order chi connectivity index (χ1) is 16.9. The molecule has 0 radical (unpaired) electrons. The maximum atomic E-state index is 13.4. The smallest absolute Gasteiger partial charge is 0.408 e. The molecule has 0 spiro atoms. The van der Waals surface area contributed by atoms with Crippen LogP contribution in [0.1, 0.15) is 23.6 Å². The van der Waals surface area contributed by atoms with Crippen LogP contribution in [0, 0.1) is 0 Å². The molecule has 0 unspecified atom stereocenters. The molecule has 4 aromatic rings. The Morgan fingerprint density at radius 1 is 1.27 bits per heavy atom. The molecule has 1 aliphatic rings. The molecular weight excluding hydrogens is 514 g/mol. The van der Waals surface area contributed by atoms with Gasteiger partial charge in [-0.05, 0) is 41.0 Å². The van der Waals surface area contributed by atoms with Gasteiger partial charge in [-0.25, -0.2) is 4.79 Å². The van der Waals surface area contributed by atoms with Gasteiger partial charge in [0.15, 0.2) is 5.58 Å². The van der Waals surface area contributed by atoms with Crippen LogP contribution < -0.4 is 5.76 Å². The van der Waals surface area contributed by atoms with E-state index in [1.807, 2.05) is 30.3 Å². The number of aryl methyl sites for hydroxylation is 1. The normalized spacial score (nSPS) is 16.2. The van der Waals surface area contributed by atoms with E-state index in [9.17, 15) is 14.7 Å². The molecular formula is C24H31N7O4S2. The number of H-pyrrole nitrogens is 1. The Labute approximate surface area is 227 Å².